The van der Waals surface area contributed by atoms with Gasteiger partial charge in [0.25, 0.3) is 0 Å². The number of benzene rings is 1. The smallest absolute Gasteiger partial charge is 0.0470 e. The number of nitrogens with zero attached hydrogens (tertiary/aromatic N) is 1. The molecule has 1 aromatic carbocycles. The zero-order valence-corrected chi connectivity index (χ0v) is 13.5. The van der Waals surface area contributed by atoms with Crippen molar-refractivity contribution in [3.63, 3.8) is 0 Å². The maximum absolute atomic E-state index is 6.27. The molecule has 0 amide bonds. The Bertz CT molecular complexity index is 433. The SMILES string of the molecule is CCC1CCCN(C(CN)c2ccc(C)c(Cl)c2)CC1. The van der Waals surface area contributed by atoms with Crippen LogP contribution in [0, 0.1) is 12.8 Å². The predicted molar refractivity (Wildman–Crippen MR) is 87.2 cm³/mol. The molecule has 1 heterocycles. The average molecular weight is 295 g/mol. The summed E-state index contributed by atoms with van der Waals surface area (Å²) in [7, 11) is 0. The van der Waals surface area contributed by atoms with Gasteiger partial charge in [0.2, 0.25) is 0 Å². The van der Waals surface area contributed by atoms with Crippen LogP contribution in [0.4, 0.5) is 0 Å². The fourth-order valence-corrected chi connectivity index (χ4v) is 3.41. The van der Waals surface area contributed by atoms with Gasteiger partial charge in [-0.1, -0.05) is 37.1 Å². The lowest BCUT2D eigenvalue weighted by molar-refractivity contribution is 0.207. The summed E-state index contributed by atoms with van der Waals surface area (Å²) in [6.45, 7) is 7.33. The molecule has 0 bridgehead atoms. The molecule has 0 spiro atoms. The number of hydrogen-bond donors (Lipinski definition) is 1. The molecule has 20 heavy (non-hydrogen) atoms. The first-order chi connectivity index (χ1) is 9.65. The quantitative estimate of drug-likeness (QED) is 0.903. The molecule has 1 aliphatic heterocycles. The fourth-order valence-electron chi connectivity index (χ4n) is 3.22. The highest BCUT2D eigenvalue weighted by atomic mass is 35.5. The van der Waals surface area contributed by atoms with Crippen LogP contribution in [0.2, 0.25) is 5.02 Å². The van der Waals surface area contributed by atoms with E-state index in [0.29, 0.717) is 12.6 Å². The number of likely N-dealkylation sites (tertiary alicyclic amines) is 1. The monoisotopic (exact) mass is 294 g/mol. The van der Waals surface area contributed by atoms with Crippen molar-refractivity contribution in [2.24, 2.45) is 11.7 Å². The summed E-state index contributed by atoms with van der Waals surface area (Å²) in [5.41, 5.74) is 8.45. The van der Waals surface area contributed by atoms with Crippen LogP contribution in [0.15, 0.2) is 18.2 Å². The Hall–Kier alpha value is -0.570. The Balaban J connectivity index is 2.12. The van der Waals surface area contributed by atoms with Crippen LogP contribution in [0.5, 0.6) is 0 Å². The average Bonchev–Trinajstić information content (AvgIpc) is 2.69. The van der Waals surface area contributed by atoms with Crippen LogP contribution in [0.3, 0.4) is 0 Å². The zero-order valence-electron chi connectivity index (χ0n) is 12.7. The van der Waals surface area contributed by atoms with E-state index in [2.05, 4.69) is 30.0 Å². The van der Waals surface area contributed by atoms with Crippen molar-refractivity contribution >= 4 is 11.6 Å². The van der Waals surface area contributed by atoms with Crippen LogP contribution in [-0.4, -0.2) is 24.5 Å². The summed E-state index contributed by atoms with van der Waals surface area (Å²) >= 11 is 6.27. The number of aryl methyl sites for hydroxylation is 1. The van der Waals surface area contributed by atoms with E-state index in [1.807, 2.05) is 6.92 Å². The highest BCUT2D eigenvalue weighted by molar-refractivity contribution is 6.31. The minimum Gasteiger partial charge on any atom is -0.329 e. The first-order valence-electron chi connectivity index (χ1n) is 7.85. The summed E-state index contributed by atoms with van der Waals surface area (Å²) < 4.78 is 0. The van der Waals surface area contributed by atoms with Gasteiger partial charge in [-0.3, -0.25) is 4.90 Å². The van der Waals surface area contributed by atoms with Gasteiger partial charge in [-0.2, -0.15) is 0 Å². The van der Waals surface area contributed by atoms with E-state index in [-0.39, 0.29) is 0 Å². The summed E-state index contributed by atoms with van der Waals surface area (Å²) in [5.74, 6) is 0.889. The summed E-state index contributed by atoms with van der Waals surface area (Å²) in [6, 6.07) is 6.69. The number of halogens is 1. The second-order valence-corrected chi connectivity index (χ2v) is 6.41. The third-order valence-electron chi connectivity index (χ3n) is 4.70. The lowest BCUT2D eigenvalue weighted by Gasteiger charge is -2.30. The molecule has 0 saturated carbocycles. The van der Waals surface area contributed by atoms with E-state index < -0.39 is 0 Å². The summed E-state index contributed by atoms with van der Waals surface area (Å²) in [4.78, 5) is 2.55. The van der Waals surface area contributed by atoms with E-state index in [1.54, 1.807) is 0 Å². The molecule has 1 fully saturated rings. The van der Waals surface area contributed by atoms with E-state index in [0.717, 1.165) is 29.6 Å². The van der Waals surface area contributed by atoms with Crippen LogP contribution >= 0.6 is 11.6 Å². The Labute approximate surface area is 128 Å². The molecule has 2 unspecified atom stereocenters. The van der Waals surface area contributed by atoms with Crippen molar-refractivity contribution in [2.75, 3.05) is 19.6 Å². The fraction of sp³-hybridized carbons (Fsp3) is 0.647. The Morgan fingerprint density at radius 3 is 2.80 bits per heavy atom. The maximum atomic E-state index is 6.27. The Kier molecular flexibility index (Phi) is 5.88. The topological polar surface area (TPSA) is 29.3 Å². The van der Waals surface area contributed by atoms with Crippen molar-refractivity contribution in [3.05, 3.63) is 34.3 Å². The molecule has 0 aromatic heterocycles. The van der Waals surface area contributed by atoms with Crippen molar-refractivity contribution in [1.82, 2.24) is 4.90 Å². The highest BCUT2D eigenvalue weighted by Gasteiger charge is 2.23. The van der Waals surface area contributed by atoms with Gasteiger partial charge in [-0.25, -0.2) is 0 Å². The second kappa shape index (κ2) is 7.44. The largest absolute Gasteiger partial charge is 0.329 e. The minimum absolute atomic E-state index is 0.309. The van der Waals surface area contributed by atoms with Crippen LogP contribution in [0.25, 0.3) is 0 Å². The van der Waals surface area contributed by atoms with Gasteiger partial charge >= 0.3 is 0 Å². The second-order valence-electron chi connectivity index (χ2n) is 6.00. The molecule has 2 N–H and O–H groups in total. The molecule has 0 aliphatic carbocycles. The Morgan fingerprint density at radius 2 is 2.15 bits per heavy atom. The third kappa shape index (κ3) is 3.75. The standard InChI is InChI=1S/C17H27ClN2/c1-3-14-5-4-9-20(10-8-14)17(12-19)15-7-6-13(2)16(18)11-15/h6-7,11,14,17H,3-5,8-10,12,19H2,1-2H3. The number of nitrogens with two attached hydrogens (primary N) is 1. The van der Waals surface area contributed by atoms with Gasteiger partial charge in [-0.15, -0.1) is 0 Å². The van der Waals surface area contributed by atoms with Crippen molar-refractivity contribution < 1.29 is 0 Å². The number of rotatable bonds is 4. The molecule has 0 radical (unpaired) electrons. The van der Waals surface area contributed by atoms with Gasteiger partial charge in [0, 0.05) is 17.6 Å². The van der Waals surface area contributed by atoms with Crippen molar-refractivity contribution in [2.45, 2.75) is 45.6 Å². The molecule has 1 aromatic rings. The molecule has 2 rings (SSSR count). The van der Waals surface area contributed by atoms with Crippen LogP contribution in [-0.2, 0) is 0 Å². The van der Waals surface area contributed by atoms with Gasteiger partial charge < -0.3 is 5.73 Å². The first kappa shape index (κ1) is 15.8. The molecule has 112 valence electrons. The Morgan fingerprint density at radius 1 is 1.35 bits per heavy atom. The molecule has 3 heteroatoms. The first-order valence-corrected chi connectivity index (χ1v) is 8.23. The lowest BCUT2D eigenvalue weighted by atomic mass is 9.98. The third-order valence-corrected chi connectivity index (χ3v) is 5.11. The van der Waals surface area contributed by atoms with E-state index >= 15 is 0 Å². The van der Waals surface area contributed by atoms with E-state index in [1.165, 1.54) is 31.2 Å². The summed E-state index contributed by atoms with van der Waals surface area (Å²) in [5, 5.41) is 0.849. The molecule has 2 atom stereocenters. The van der Waals surface area contributed by atoms with Crippen LogP contribution < -0.4 is 5.73 Å². The molecule has 1 saturated heterocycles. The maximum Gasteiger partial charge on any atom is 0.0470 e. The molecular formula is C17H27ClN2. The normalized spacial score (nSPS) is 22.5. The lowest BCUT2D eigenvalue weighted by Crippen LogP contribution is -2.34. The van der Waals surface area contributed by atoms with Crippen LogP contribution in [0.1, 0.15) is 49.8 Å². The molecule has 2 nitrogen and oxygen atoms in total. The van der Waals surface area contributed by atoms with E-state index in [4.69, 9.17) is 17.3 Å². The van der Waals surface area contributed by atoms with E-state index in [9.17, 15) is 0 Å². The van der Waals surface area contributed by atoms with Gasteiger partial charge in [0.15, 0.2) is 0 Å². The summed E-state index contributed by atoms with van der Waals surface area (Å²) in [6.07, 6.45) is 5.25. The van der Waals surface area contributed by atoms with Gasteiger partial charge in [0.05, 0.1) is 0 Å². The predicted octanol–water partition coefficient (Wildman–Crippen LogP) is 4.16. The highest BCUT2D eigenvalue weighted by Crippen LogP contribution is 2.29. The minimum atomic E-state index is 0.309. The van der Waals surface area contributed by atoms with Crippen molar-refractivity contribution in [1.29, 1.82) is 0 Å². The van der Waals surface area contributed by atoms with Gasteiger partial charge in [-0.05, 0) is 62.4 Å². The zero-order chi connectivity index (χ0) is 14.5. The van der Waals surface area contributed by atoms with Crippen molar-refractivity contribution in [3.8, 4) is 0 Å². The molecular weight excluding hydrogens is 268 g/mol. The van der Waals surface area contributed by atoms with Gasteiger partial charge in [0.1, 0.15) is 0 Å². The molecule has 1 aliphatic rings. The number of hydrogen-bond acceptors (Lipinski definition) is 2.